The summed E-state index contributed by atoms with van der Waals surface area (Å²) in [6.07, 6.45) is 1.47. The van der Waals surface area contributed by atoms with Crippen LogP contribution in [0.5, 0.6) is 0 Å². The van der Waals surface area contributed by atoms with Gasteiger partial charge in [-0.3, -0.25) is 14.9 Å². The Bertz CT molecular complexity index is 471. The molecule has 0 spiro atoms. The van der Waals surface area contributed by atoms with E-state index < -0.39 is 22.7 Å². The van der Waals surface area contributed by atoms with Gasteiger partial charge in [-0.15, -0.1) is 0 Å². The molecule has 0 fully saturated rings. The Hall–Kier alpha value is -1.65. The topological polar surface area (TPSA) is 111 Å². The van der Waals surface area contributed by atoms with Crippen molar-refractivity contribution < 1.29 is 19.2 Å². The number of ketones is 1. The lowest BCUT2D eigenvalue weighted by molar-refractivity contribution is -0.419. The number of Topliss-reactive ketones (excluding diaryl/α,β-unsaturated/α-hetero) is 1. The van der Waals surface area contributed by atoms with Gasteiger partial charge in [0.05, 0.1) is 15.6 Å². The molecule has 0 rings (SSSR count). The molecule has 0 bridgehead atoms. The number of rotatable bonds is 8. The molecule has 0 aromatic carbocycles. The van der Waals surface area contributed by atoms with Crippen LogP contribution in [0.25, 0.3) is 0 Å². The van der Waals surface area contributed by atoms with Crippen LogP contribution in [0, 0.1) is 10.1 Å². The van der Waals surface area contributed by atoms with Crippen molar-refractivity contribution in [2.45, 2.75) is 32.4 Å². The van der Waals surface area contributed by atoms with Crippen LogP contribution in [0.1, 0.15) is 20.8 Å². The third-order valence-corrected chi connectivity index (χ3v) is 2.96. The molecular formula is C13H20IN3O5. The van der Waals surface area contributed by atoms with E-state index in [1.165, 1.54) is 0 Å². The molecule has 0 aliphatic carbocycles. The highest BCUT2D eigenvalue weighted by Gasteiger charge is 2.23. The molecule has 0 saturated carbocycles. The number of nitro groups is 1. The number of ether oxygens (including phenoxy) is 1. The van der Waals surface area contributed by atoms with Crippen LogP contribution in [-0.2, 0) is 9.53 Å². The molecule has 22 heavy (non-hydrogen) atoms. The maximum atomic E-state index is 11.8. The maximum Gasteiger partial charge on any atom is 0.408 e. The standard InChI is InChI=1S/C13H20IN3O5/c1-5-9(17(20)21)7-15-8-10(11(18)6-14)16-12(19)22-13(2,3)4/h5,7,10,15H,1,6,8H2,2-4H3,(H,16,19)/b9-7+/t10-/m0/s1. The molecule has 1 atom stereocenters. The zero-order valence-corrected chi connectivity index (χ0v) is 14.9. The molecule has 0 saturated heterocycles. The summed E-state index contributed by atoms with van der Waals surface area (Å²) in [5.74, 6) is -0.228. The Morgan fingerprint density at radius 1 is 1.45 bits per heavy atom. The lowest BCUT2D eigenvalue weighted by Crippen LogP contribution is -2.48. The maximum absolute atomic E-state index is 11.8. The summed E-state index contributed by atoms with van der Waals surface area (Å²) in [6.45, 7) is 8.43. The largest absolute Gasteiger partial charge is 0.444 e. The number of hydrogen-bond acceptors (Lipinski definition) is 6. The summed E-state index contributed by atoms with van der Waals surface area (Å²) in [6, 6.07) is -0.846. The minimum Gasteiger partial charge on any atom is -0.444 e. The molecule has 9 heteroatoms. The average molecular weight is 425 g/mol. The molecular weight excluding hydrogens is 405 g/mol. The first-order valence-corrected chi connectivity index (χ1v) is 7.92. The lowest BCUT2D eigenvalue weighted by Gasteiger charge is -2.22. The Balaban J connectivity index is 4.73. The molecule has 8 nitrogen and oxygen atoms in total. The molecule has 0 heterocycles. The van der Waals surface area contributed by atoms with Crippen LogP contribution in [0.4, 0.5) is 4.79 Å². The summed E-state index contributed by atoms with van der Waals surface area (Å²) >= 11 is 1.88. The van der Waals surface area contributed by atoms with Gasteiger partial charge in [-0.2, -0.15) is 0 Å². The smallest absolute Gasteiger partial charge is 0.408 e. The van der Waals surface area contributed by atoms with Gasteiger partial charge in [-0.1, -0.05) is 29.2 Å². The molecule has 0 radical (unpaired) electrons. The average Bonchev–Trinajstić information content (AvgIpc) is 2.38. The second-order valence-electron chi connectivity index (χ2n) is 5.24. The van der Waals surface area contributed by atoms with Gasteiger partial charge in [0.2, 0.25) is 0 Å². The number of nitrogens with one attached hydrogen (secondary N) is 2. The van der Waals surface area contributed by atoms with Crippen LogP contribution < -0.4 is 10.6 Å². The van der Waals surface area contributed by atoms with Gasteiger partial charge in [0, 0.05) is 12.6 Å². The first-order valence-electron chi connectivity index (χ1n) is 6.39. The lowest BCUT2D eigenvalue weighted by atomic mass is 10.2. The van der Waals surface area contributed by atoms with Gasteiger partial charge in [-0.25, -0.2) is 4.79 Å². The molecule has 0 aliphatic heterocycles. The van der Waals surface area contributed by atoms with Gasteiger partial charge >= 0.3 is 6.09 Å². The number of nitrogens with zero attached hydrogens (tertiary/aromatic N) is 1. The van der Waals surface area contributed by atoms with Crippen LogP contribution in [-0.4, -0.2) is 39.4 Å². The van der Waals surface area contributed by atoms with Gasteiger partial charge < -0.3 is 15.4 Å². The highest BCUT2D eigenvalue weighted by molar-refractivity contribution is 14.1. The summed E-state index contributed by atoms with van der Waals surface area (Å²) in [4.78, 5) is 33.5. The Morgan fingerprint density at radius 2 is 2.05 bits per heavy atom. The van der Waals surface area contributed by atoms with Gasteiger partial charge in [0.25, 0.3) is 5.70 Å². The third-order valence-electron chi connectivity index (χ3n) is 2.20. The van der Waals surface area contributed by atoms with E-state index in [1.54, 1.807) is 20.8 Å². The van der Waals surface area contributed by atoms with Crippen molar-refractivity contribution in [1.29, 1.82) is 0 Å². The molecule has 0 unspecified atom stereocenters. The predicted octanol–water partition coefficient (Wildman–Crippen LogP) is 1.78. The number of carbonyl (C=O) groups excluding carboxylic acids is 2. The molecule has 0 aromatic heterocycles. The number of halogens is 1. The van der Waals surface area contributed by atoms with E-state index in [9.17, 15) is 19.7 Å². The van der Waals surface area contributed by atoms with Crippen molar-refractivity contribution in [3.05, 3.63) is 34.7 Å². The fraction of sp³-hybridized carbons (Fsp3) is 0.538. The van der Waals surface area contributed by atoms with E-state index in [0.29, 0.717) is 0 Å². The van der Waals surface area contributed by atoms with Gasteiger partial charge in [-0.05, 0) is 20.8 Å². The minimum absolute atomic E-state index is 0.00621. The van der Waals surface area contributed by atoms with E-state index >= 15 is 0 Å². The minimum atomic E-state index is -0.846. The van der Waals surface area contributed by atoms with E-state index in [1.807, 2.05) is 22.6 Å². The number of allylic oxidation sites excluding steroid dienone is 1. The molecule has 1 amide bonds. The highest BCUT2D eigenvalue weighted by atomic mass is 127. The fourth-order valence-corrected chi connectivity index (χ4v) is 1.79. The number of amides is 1. The second-order valence-corrected chi connectivity index (χ2v) is 6.00. The molecule has 124 valence electrons. The molecule has 2 N–H and O–H groups in total. The summed E-state index contributed by atoms with van der Waals surface area (Å²) in [5.41, 5.74) is -0.922. The summed E-state index contributed by atoms with van der Waals surface area (Å²) in [7, 11) is 0. The Labute approximate surface area is 142 Å². The normalized spacial score (nSPS) is 13.0. The number of alkyl halides is 1. The quantitative estimate of drug-likeness (QED) is 0.202. The fourth-order valence-electron chi connectivity index (χ4n) is 1.26. The van der Waals surface area contributed by atoms with Gasteiger partial charge in [0.1, 0.15) is 11.6 Å². The second kappa shape index (κ2) is 9.38. The third kappa shape index (κ3) is 8.60. The van der Waals surface area contributed by atoms with Gasteiger partial charge in [0.15, 0.2) is 5.78 Å². The van der Waals surface area contributed by atoms with E-state index in [2.05, 4.69) is 17.2 Å². The first-order chi connectivity index (χ1) is 10.1. The summed E-state index contributed by atoms with van der Waals surface area (Å²) < 4.78 is 5.27. The Morgan fingerprint density at radius 3 is 2.45 bits per heavy atom. The van der Waals surface area contributed by atoms with Crippen molar-refractivity contribution in [3.8, 4) is 0 Å². The van der Waals surface area contributed by atoms with Crippen LogP contribution >= 0.6 is 22.6 Å². The molecule has 0 aromatic rings. The summed E-state index contributed by atoms with van der Waals surface area (Å²) in [5, 5.41) is 15.7. The predicted molar refractivity (Wildman–Crippen MR) is 90.3 cm³/mol. The van der Waals surface area contributed by atoms with Crippen molar-refractivity contribution in [2.75, 3.05) is 11.0 Å². The van der Waals surface area contributed by atoms with Crippen molar-refractivity contribution in [3.63, 3.8) is 0 Å². The monoisotopic (exact) mass is 425 g/mol. The Kier molecular flexibility index (Phi) is 8.68. The van der Waals surface area contributed by atoms with Crippen molar-refractivity contribution >= 4 is 34.5 Å². The zero-order valence-electron chi connectivity index (χ0n) is 12.7. The number of hydrogen-bond donors (Lipinski definition) is 2. The molecule has 0 aliphatic rings. The van der Waals surface area contributed by atoms with E-state index in [0.717, 1.165) is 12.3 Å². The van der Waals surface area contributed by atoms with Crippen LogP contribution in [0.15, 0.2) is 24.6 Å². The number of alkyl carbamates (subject to hydrolysis) is 1. The van der Waals surface area contributed by atoms with Crippen LogP contribution in [0.3, 0.4) is 0 Å². The first kappa shape index (κ1) is 20.3. The van der Waals surface area contributed by atoms with E-state index in [-0.39, 0.29) is 22.5 Å². The SMILES string of the molecule is C=C/C(=C\NC[C@H](NC(=O)OC(C)(C)C)C(=O)CI)[N+](=O)[O-]. The zero-order chi connectivity index (χ0) is 17.3. The van der Waals surface area contributed by atoms with Crippen LogP contribution in [0.2, 0.25) is 0 Å². The van der Waals surface area contributed by atoms with E-state index in [4.69, 9.17) is 4.74 Å². The highest BCUT2D eigenvalue weighted by Crippen LogP contribution is 2.07. The number of carbonyl (C=O) groups is 2. The van der Waals surface area contributed by atoms with Crippen molar-refractivity contribution in [1.82, 2.24) is 10.6 Å². The van der Waals surface area contributed by atoms with Crippen molar-refractivity contribution in [2.24, 2.45) is 0 Å².